The molecule has 1 amide bonds. The first-order valence-electron chi connectivity index (χ1n) is 8.77. The highest BCUT2D eigenvalue weighted by Crippen LogP contribution is 2.35. The van der Waals surface area contributed by atoms with Gasteiger partial charge in [-0.05, 0) is 62.9 Å². The lowest BCUT2D eigenvalue weighted by Crippen LogP contribution is -2.49. The Balaban J connectivity index is 2.17. The molecule has 2 rings (SSSR count). The van der Waals surface area contributed by atoms with Gasteiger partial charge in [0.05, 0.1) is 5.41 Å². The largest absolute Gasteiger partial charge is 0.342 e. The molecular weight excluding hydrogens is 308 g/mol. The van der Waals surface area contributed by atoms with Crippen LogP contribution in [0.5, 0.6) is 0 Å². The van der Waals surface area contributed by atoms with E-state index in [1.54, 1.807) is 0 Å². The molecule has 1 saturated heterocycles. The molecule has 3 nitrogen and oxygen atoms in total. The van der Waals surface area contributed by atoms with Gasteiger partial charge in [0, 0.05) is 18.1 Å². The first-order chi connectivity index (χ1) is 11.1. The number of rotatable bonds is 6. The SMILES string of the molecule is CCC(CC)(C(=O)N1CCC(CNC)CC1)c1ccc(Cl)cc1. The molecule has 4 heteroatoms. The van der Waals surface area contributed by atoms with Gasteiger partial charge in [0.25, 0.3) is 0 Å². The van der Waals surface area contributed by atoms with Gasteiger partial charge in [-0.2, -0.15) is 0 Å². The summed E-state index contributed by atoms with van der Waals surface area (Å²) < 4.78 is 0. The average molecular weight is 337 g/mol. The molecule has 1 aliphatic heterocycles. The summed E-state index contributed by atoms with van der Waals surface area (Å²) in [6, 6.07) is 7.81. The zero-order valence-corrected chi connectivity index (χ0v) is 15.3. The topological polar surface area (TPSA) is 32.3 Å². The number of hydrogen-bond donors (Lipinski definition) is 1. The van der Waals surface area contributed by atoms with Crippen LogP contribution in [-0.2, 0) is 10.2 Å². The molecule has 0 saturated carbocycles. The van der Waals surface area contributed by atoms with Crippen molar-refractivity contribution in [2.24, 2.45) is 5.92 Å². The summed E-state index contributed by atoms with van der Waals surface area (Å²) in [6.07, 6.45) is 3.83. The van der Waals surface area contributed by atoms with Crippen molar-refractivity contribution in [3.05, 3.63) is 34.9 Å². The molecule has 1 aromatic carbocycles. The van der Waals surface area contributed by atoms with Gasteiger partial charge < -0.3 is 10.2 Å². The number of amides is 1. The molecule has 1 heterocycles. The van der Waals surface area contributed by atoms with Gasteiger partial charge in [-0.1, -0.05) is 37.6 Å². The van der Waals surface area contributed by atoms with Crippen molar-refractivity contribution in [2.75, 3.05) is 26.7 Å². The average Bonchev–Trinajstić information content (AvgIpc) is 2.59. The number of piperidine rings is 1. The Morgan fingerprint density at radius 1 is 1.22 bits per heavy atom. The Hall–Kier alpha value is -1.06. The maximum atomic E-state index is 13.3. The van der Waals surface area contributed by atoms with Gasteiger partial charge >= 0.3 is 0 Å². The molecule has 1 fully saturated rings. The van der Waals surface area contributed by atoms with Gasteiger partial charge in [0.2, 0.25) is 5.91 Å². The number of nitrogens with one attached hydrogen (secondary N) is 1. The molecule has 0 aromatic heterocycles. The van der Waals surface area contributed by atoms with Crippen LogP contribution in [0.3, 0.4) is 0 Å². The number of hydrogen-bond acceptors (Lipinski definition) is 2. The highest BCUT2D eigenvalue weighted by Gasteiger charge is 2.40. The molecular formula is C19H29ClN2O. The van der Waals surface area contributed by atoms with Crippen molar-refractivity contribution in [1.82, 2.24) is 10.2 Å². The molecule has 0 radical (unpaired) electrons. The number of nitrogens with zero attached hydrogens (tertiary/aromatic N) is 1. The van der Waals surface area contributed by atoms with Crippen LogP contribution in [0.25, 0.3) is 0 Å². The molecule has 0 atom stereocenters. The van der Waals surface area contributed by atoms with Crippen LogP contribution in [0.15, 0.2) is 24.3 Å². The van der Waals surface area contributed by atoms with E-state index < -0.39 is 5.41 Å². The van der Waals surface area contributed by atoms with Crippen LogP contribution in [0, 0.1) is 5.92 Å². The molecule has 23 heavy (non-hydrogen) atoms. The summed E-state index contributed by atoms with van der Waals surface area (Å²) in [6.45, 7) is 7.03. The fourth-order valence-electron chi connectivity index (χ4n) is 3.78. The molecule has 1 N–H and O–H groups in total. The maximum absolute atomic E-state index is 13.3. The molecule has 0 aliphatic carbocycles. The maximum Gasteiger partial charge on any atom is 0.233 e. The Labute approximate surface area is 145 Å². The van der Waals surface area contributed by atoms with E-state index in [2.05, 4.69) is 24.1 Å². The van der Waals surface area contributed by atoms with Gasteiger partial charge in [0.15, 0.2) is 0 Å². The summed E-state index contributed by atoms with van der Waals surface area (Å²) in [5, 5.41) is 3.97. The van der Waals surface area contributed by atoms with Gasteiger partial charge in [-0.25, -0.2) is 0 Å². The first kappa shape index (κ1) is 18.3. The molecule has 0 bridgehead atoms. The van der Waals surface area contributed by atoms with Gasteiger partial charge in [-0.3, -0.25) is 4.79 Å². The fraction of sp³-hybridized carbons (Fsp3) is 0.632. The van der Waals surface area contributed by atoms with Crippen molar-refractivity contribution < 1.29 is 4.79 Å². The van der Waals surface area contributed by atoms with Crippen molar-refractivity contribution in [1.29, 1.82) is 0 Å². The molecule has 0 spiro atoms. The smallest absolute Gasteiger partial charge is 0.233 e. The second-order valence-corrected chi connectivity index (χ2v) is 7.03. The summed E-state index contributed by atoms with van der Waals surface area (Å²) in [5.41, 5.74) is 0.676. The van der Waals surface area contributed by atoms with Crippen LogP contribution in [0.4, 0.5) is 0 Å². The van der Waals surface area contributed by atoms with E-state index >= 15 is 0 Å². The van der Waals surface area contributed by atoms with Crippen LogP contribution >= 0.6 is 11.6 Å². The van der Waals surface area contributed by atoms with E-state index in [0.717, 1.165) is 55.9 Å². The Bertz CT molecular complexity index is 503. The second kappa shape index (κ2) is 8.16. The number of benzene rings is 1. The number of halogens is 1. The molecule has 0 unspecified atom stereocenters. The summed E-state index contributed by atoms with van der Waals surface area (Å²) in [7, 11) is 2.00. The standard InChI is InChI=1S/C19H29ClN2O/c1-4-19(5-2,16-6-8-17(20)9-7-16)18(23)22-12-10-15(11-13-22)14-21-3/h6-9,15,21H,4-5,10-14H2,1-3H3. The second-order valence-electron chi connectivity index (χ2n) is 6.59. The van der Waals surface area contributed by atoms with Crippen LogP contribution in [-0.4, -0.2) is 37.5 Å². The molecule has 1 aromatic rings. The van der Waals surface area contributed by atoms with E-state index in [9.17, 15) is 4.79 Å². The van der Waals surface area contributed by atoms with E-state index in [1.165, 1.54) is 0 Å². The van der Waals surface area contributed by atoms with Gasteiger partial charge in [0.1, 0.15) is 0 Å². The van der Waals surface area contributed by atoms with Crippen LogP contribution in [0.2, 0.25) is 5.02 Å². The van der Waals surface area contributed by atoms with Gasteiger partial charge in [-0.15, -0.1) is 0 Å². The number of likely N-dealkylation sites (tertiary alicyclic amines) is 1. The number of carbonyl (C=O) groups is 1. The summed E-state index contributed by atoms with van der Waals surface area (Å²) >= 11 is 6.02. The van der Waals surface area contributed by atoms with E-state index in [0.29, 0.717) is 5.92 Å². The summed E-state index contributed by atoms with van der Waals surface area (Å²) in [5.74, 6) is 0.977. The number of carbonyl (C=O) groups excluding carboxylic acids is 1. The minimum absolute atomic E-state index is 0.285. The van der Waals surface area contributed by atoms with Crippen molar-refractivity contribution in [3.8, 4) is 0 Å². The van der Waals surface area contributed by atoms with E-state index in [4.69, 9.17) is 11.6 Å². The molecule has 1 aliphatic rings. The highest BCUT2D eigenvalue weighted by molar-refractivity contribution is 6.30. The third-order valence-electron chi connectivity index (χ3n) is 5.41. The summed E-state index contributed by atoms with van der Waals surface area (Å²) in [4.78, 5) is 15.4. The quantitative estimate of drug-likeness (QED) is 0.855. The van der Waals surface area contributed by atoms with Crippen molar-refractivity contribution in [2.45, 2.75) is 44.9 Å². The predicted molar refractivity (Wildman–Crippen MR) is 96.9 cm³/mol. The lowest BCUT2D eigenvalue weighted by molar-refractivity contribution is -0.139. The monoisotopic (exact) mass is 336 g/mol. The normalized spacial score (nSPS) is 16.6. The van der Waals surface area contributed by atoms with E-state index in [-0.39, 0.29) is 5.91 Å². The molecule has 128 valence electrons. The van der Waals surface area contributed by atoms with Crippen molar-refractivity contribution in [3.63, 3.8) is 0 Å². The minimum atomic E-state index is -0.416. The lowest BCUT2D eigenvalue weighted by atomic mass is 9.74. The van der Waals surface area contributed by atoms with E-state index in [1.807, 2.05) is 31.3 Å². The highest BCUT2D eigenvalue weighted by atomic mass is 35.5. The zero-order chi connectivity index (χ0) is 16.9. The Morgan fingerprint density at radius 2 is 1.78 bits per heavy atom. The van der Waals surface area contributed by atoms with Crippen LogP contribution in [0.1, 0.15) is 45.1 Å². The Kier molecular flexibility index (Phi) is 6.49. The first-order valence-corrected chi connectivity index (χ1v) is 9.15. The van der Waals surface area contributed by atoms with Crippen LogP contribution < -0.4 is 5.32 Å². The lowest BCUT2D eigenvalue weighted by Gasteiger charge is -2.40. The fourth-order valence-corrected chi connectivity index (χ4v) is 3.91. The third kappa shape index (κ3) is 3.89. The third-order valence-corrected chi connectivity index (χ3v) is 5.66. The zero-order valence-electron chi connectivity index (χ0n) is 14.6. The minimum Gasteiger partial charge on any atom is -0.342 e. The predicted octanol–water partition coefficient (Wildman–Crippen LogP) is 3.86. The Morgan fingerprint density at radius 3 is 2.26 bits per heavy atom. The van der Waals surface area contributed by atoms with Crippen molar-refractivity contribution >= 4 is 17.5 Å².